The highest BCUT2D eigenvalue weighted by Gasteiger charge is 2.19. The maximum atomic E-state index is 5.64. The molecule has 2 aromatic rings. The first-order chi connectivity index (χ1) is 9.01. The molecule has 0 radical (unpaired) electrons. The second-order valence-electron chi connectivity index (χ2n) is 5.19. The lowest BCUT2D eigenvalue weighted by atomic mass is 9.93. The number of aryl methyl sites for hydroxylation is 1. The molecular formula is C15H21N3S. The van der Waals surface area contributed by atoms with Crippen LogP contribution >= 0.6 is 11.3 Å². The Morgan fingerprint density at radius 1 is 1.26 bits per heavy atom. The van der Waals surface area contributed by atoms with Gasteiger partial charge in [0.05, 0.1) is 0 Å². The molecule has 0 unspecified atom stereocenters. The zero-order chi connectivity index (χ0) is 13.9. The van der Waals surface area contributed by atoms with Crippen LogP contribution in [0, 0.1) is 0 Å². The van der Waals surface area contributed by atoms with Crippen molar-refractivity contribution in [1.29, 1.82) is 0 Å². The number of hydrogen-bond donors (Lipinski definition) is 2. The van der Waals surface area contributed by atoms with Crippen LogP contribution in [0.1, 0.15) is 36.8 Å². The average molecular weight is 275 g/mol. The van der Waals surface area contributed by atoms with Crippen LogP contribution in [0.3, 0.4) is 0 Å². The molecule has 0 saturated heterocycles. The molecule has 2 rings (SSSR count). The number of thiazole rings is 1. The fraction of sp³-hybridized carbons (Fsp3) is 0.400. The van der Waals surface area contributed by atoms with Crippen LogP contribution in [0.2, 0.25) is 0 Å². The summed E-state index contributed by atoms with van der Waals surface area (Å²) in [6.45, 7) is 7.35. The third kappa shape index (κ3) is 3.55. The number of nitrogens with one attached hydrogen (secondary N) is 1. The number of benzene rings is 1. The molecule has 0 aliphatic heterocycles. The standard InChI is InChI=1S/C15H21N3S/c1-4-11-5-7-12(8-6-11)15(2,3)18-10-13-9-17-14(16)19-13/h5-9,18H,4,10H2,1-3H3,(H2,16,17). The third-order valence-electron chi connectivity index (χ3n) is 3.36. The largest absolute Gasteiger partial charge is 0.375 e. The van der Waals surface area contributed by atoms with Crippen LogP contribution in [0.25, 0.3) is 0 Å². The van der Waals surface area contributed by atoms with Crippen LogP contribution in [0.15, 0.2) is 30.5 Å². The molecule has 0 atom stereocenters. The summed E-state index contributed by atoms with van der Waals surface area (Å²) in [6, 6.07) is 8.80. The van der Waals surface area contributed by atoms with E-state index in [-0.39, 0.29) is 5.54 Å². The van der Waals surface area contributed by atoms with Crippen molar-refractivity contribution in [3.8, 4) is 0 Å². The smallest absolute Gasteiger partial charge is 0.180 e. The minimum Gasteiger partial charge on any atom is -0.375 e. The minimum atomic E-state index is -0.0645. The van der Waals surface area contributed by atoms with Crippen molar-refractivity contribution in [2.75, 3.05) is 5.73 Å². The summed E-state index contributed by atoms with van der Waals surface area (Å²) in [5.74, 6) is 0. The highest BCUT2D eigenvalue weighted by atomic mass is 32.1. The second kappa shape index (κ2) is 5.72. The van der Waals surface area contributed by atoms with E-state index < -0.39 is 0 Å². The summed E-state index contributed by atoms with van der Waals surface area (Å²) in [5, 5.41) is 4.18. The first-order valence-electron chi connectivity index (χ1n) is 6.56. The molecule has 0 amide bonds. The van der Waals surface area contributed by atoms with E-state index in [0.29, 0.717) is 5.13 Å². The first-order valence-corrected chi connectivity index (χ1v) is 7.37. The fourth-order valence-electron chi connectivity index (χ4n) is 1.97. The van der Waals surface area contributed by atoms with E-state index in [1.165, 1.54) is 22.5 Å². The minimum absolute atomic E-state index is 0.0645. The monoisotopic (exact) mass is 275 g/mol. The van der Waals surface area contributed by atoms with Crippen molar-refractivity contribution in [2.45, 2.75) is 39.3 Å². The van der Waals surface area contributed by atoms with E-state index in [0.717, 1.165) is 17.8 Å². The molecule has 0 saturated carbocycles. The van der Waals surface area contributed by atoms with Gasteiger partial charge in [-0.05, 0) is 31.4 Å². The summed E-state index contributed by atoms with van der Waals surface area (Å²) >= 11 is 1.53. The van der Waals surface area contributed by atoms with E-state index >= 15 is 0 Å². The van der Waals surface area contributed by atoms with E-state index in [1.54, 1.807) is 0 Å². The lowest BCUT2D eigenvalue weighted by molar-refractivity contribution is 0.403. The van der Waals surface area contributed by atoms with Crippen molar-refractivity contribution in [3.63, 3.8) is 0 Å². The molecule has 0 aliphatic rings. The van der Waals surface area contributed by atoms with Crippen LogP contribution in [-0.4, -0.2) is 4.98 Å². The lowest BCUT2D eigenvalue weighted by Crippen LogP contribution is -2.35. The fourth-order valence-corrected chi connectivity index (χ4v) is 2.60. The maximum absolute atomic E-state index is 5.64. The van der Waals surface area contributed by atoms with Gasteiger partial charge in [0, 0.05) is 23.2 Å². The van der Waals surface area contributed by atoms with Gasteiger partial charge >= 0.3 is 0 Å². The Hall–Kier alpha value is -1.39. The molecule has 102 valence electrons. The van der Waals surface area contributed by atoms with E-state index in [4.69, 9.17) is 5.73 Å². The number of nitrogens with zero attached hydrogens (tertiary/aromatic N) is 1. The first kappa shape index (κ1) is 14.0. The predicted octanol–water partition coefficient (Wildman–Crippen LogP) is 3.31. The number of nitrogens with two attached hydrogens (primary N) is 1. The van der Waals surface area contributed by atoms with Gasteiger partial charge in [-0.2, -0.15) is 0 Å². The SMILES string of the molecule is CCc1ccc(C(C)(C)NCc2cnc(N)s2)cc1. The van der Waals surface area contributed by atoms with Gasteiger partial charge < -0.3 is 11.1 Å². The van der Waals surface area contributed by atoms with Gasteiger partial charge in [-0.15, -0.1) is 11.3 Å². The van der Waals surface area contributed by atoms with Crippen LogP contribution in [0.5, 0.6) is 0 Å². The molecular weight excluding hydrogens is 254 g/mol. The third-order valence-corrected chi connectivity index (χ3v) is 4.19. The number of nitrogen functional groups attached to an aromatic ring is 1. The molecule has 0 spiro atoms. The molecule has 4 heteroatoms. The van der Waals surface area contributed by atoms with Gasteiger partial charge in [0.15, 0.2) is 5.13 Å². The van der Waals surface area contributed by atoms with E-state index in [1.807, 2.05) is 6.20 Å². The van der Waals surface area contributed by atoms with Gasteiger partial charge in [0.2, 0.25) is 0 Å². The van der Waals surface area contributed by atoms with Crippen molar-refractivity contribution >= 4 is 16.5 Å². The predicted molar refractivity (Wildman–Crippen MR) is 82.2 cm³/mol. The molecule has 1 aromatic heterocycles. The van der Waals surface area contributed by atoms with E-state index in [9.17, 15) is 0 Å². The van der Waals surface area contributed by atoms with Gasteiger partial charge in [0.25, 0.3) is 0 Å². The Morgan fingerprint density at radius 2 is 1.95 bits per heavy atom. The van der Waals surface area contributed by atoms with Gasteiger partial charge in [-0.3, -0.25) is 0 Å². The topological polar surface area (TPSA) is 50.9 Å². The summed E-state index contributed by atoms with van der Waals surface area (Å²) < 4.78 is 0. The molecule has 0 aliphatic carbocycles. The quantitative estimate of drug-likeness (QED) is 0.880. The van der Waals surface area contributed by atoms with Crippen LogP contribution in [-0.2, 0) is 18.5 Å². The average Bonchev–Trinajstić information content (AvgIpc) is 2.82. The number of hydrogen-bond acceptors (Lipinski definition) is 4. The zero-order valence-corrected chi connectivity index (χ0v) is 12.6. The molecule has 0 bridgehead atoms. The van der Waals surface area contributed by atoms with Gasteiger partial charge in [-0.25, -0.2) is 4.98 Å². The normalized spacial score (nSPS) is 11.7. The highest BCUT2D eigenvalue weighted by molar-refractivity contribution is 7.15. The maximum Gasteiger partial charge on any atom is 0.180 e. The highest BCUT2D eigenvalue weighted by Crippen LogP contribution is 2.22. The molecule has 3 N–H and O–H groups in total. The number of aromatic nitrogens is 1. The van der Waals surface area contributed by atoms with Crippen molar-refractivity contribution < 1.29 is 0 Å². The number of rotatable bonds is 5. The lowest BCUT2D eigenvalue weighted by Gasteiger charge is -2.27. The Labute approximate surface area is 118 Å². The summed E-state index contributed by atoms with van der Waals surface area (Å²) in [6.07, 6.45) is 2.91. The zero-order valence-electron chi connectivity index (χ0n) is 11.7. The van der Waals surface area contributed by atoms with Crippen LogP contribution in [0.4, 0.5) is 5.13 Å². The Balaban J connectivity index is 2.04. The summed E-state index contributed by atoms with van der Waals surface area (Å²) in [4.78, 5) is 5.23. The van der Waals surface area contributed by atoms with Gasteiger partial charge in [-0.1, -0.05) is 31.2 Å². The number of anilines is 1. The Morgan fingerprint density at radius 3 is 2.47 bits per heavy atom. The molecule has 1 aromatic carbocycles. The Kier molecular flexibility index (Phi) is 4.22. The molecule has 0 fully saturated rings. The molecule has 1 heterocycles. The van der Waals surface area contributed by atoms with Crippen molar-refractivity contribution in [1.82, 2.24) is 10.3 Å². The van der Waals surface area contributed by atoms with E-state index in [2.05, 4.69) is 55.3 Å². The van der Waals surface area contributed by atoms with Gasteiger partial charge in [0.1, 0.15) is 0 Å². The summed E-state index contributed by atoms with van der Waals surface area (Å²) in [5.41, 5.74) is 8.24. The molecule has 3 nitrogen and oxygen atoms in total. The Bertz CT molecular complexity index is 529. The van der Waals surface area contributed by atoms with Crippen molar-refractivity contribution in [3.05, 3.63) is 46.5 Å². The summed E-state index contributed by atoms with van der Waals surface area (Å²) in [7, 11) is 0. The van der Waals surface area contributed by atoms with Crippen LogP contribution < -0.4 is 11.1 Å². The second-order valence-corrected chi connectivity index (χ2v) is 6.34. The molecule has 19 heavy (non-hydrogen) atoms. The van der Waals surface area contributed by atoms with Crippen molar-refractivity contribution in [2.24, 2.45) is 0 Å².